The summed E-state index contributed by atoms with van der Waals surface area (Å²) in [6.07, 6.45) is 3.58. The fourth-order valence-electron chi connectivity index (χ4n) is 2.33. The molecule has 1 N–H and O–H groups in total. The van der Waals surface area contributed by atoms with Gasteiger partial charge in [-0.2, -0.15) is 0 Å². The smallest absolute Gasteiger partial charge is 0.126 e. The maximum absolute atomic E-state index is 5.96. The van der Waals surface area contributed by atoms with E-state index in [9.17, 15) is 0 Å². The topological polar surface area (TPSA) is 30.5 Å². The molecule has 1 fully saturated rings. The monoisotopic (exact) mass is 255 g/mol. The molecule has 0 amide bonds. The molecule has 17 heavy (non-hydrogen) atoms. The van der Waals surface area contributed by atoms with E-state index >= 15 is 0 Å². The summed E-state index contributed by atoms with van der Waals surface area (Å²) in [5.41, 5.74) is 1.30. The predicted molar refractivity (Wildman–Crippen MR) is 69.4 cm³/mol. The second kappa shape index (κ2) is 5.61. The van der Waals surface area contributed by atoms with E-state index in [1.165, 1.54) is 5.56 Å². The van der Waals surface area contributed by atoms with Crippen molar-refractivity contribution in [1.82, 2.24) is 5.32 Å². The molecule has 0 aliphatic carbocycles. The summed E-state index contributed by atoms with van der Waals surface area (Å²) >= 11 is 0. The van der Waals surface area contributed by atoms with Crippen molar-refractivity contribution in [3.63, 3.8) is 0 Å². The Morgan fingerprint density at radius 3 is 2.88 bits per heavy atom. The lowest BCUT2D eigenvalue weighted by Gasteiger charge is -2.23. The normalized spacial score (nSPS) is 19.1. The molecule has 0 spiro atoms. The van der Waals surface area contributed by atoms with Gasteiger partial charge in [0.25, 0.3) is 0 Å². The van der Waals surface area contributed by atoms with Gasteiger partial charge in [-0.3, -0.25) is 0 Å². The molecule has 0 atom stereocenters. The van der Waals surface area contributed by atoms with Crippen molar-refractivity contribution >= 4 is 12.4 Å². The summed E-state index contributed by atoms with van der Waals surface area (Å²) in [5.74, 6) is 1.96. The van der Waals surface area contributed by atoms with Crippen molar-refractivity contribution in [2.24, 2.45) is 0 Å². The van der Waals surface area contributed by atoms with E-state index < -0.39 is 0 Å². The fraction of sp³-hybridized carbons (Fsp3) is 0.538. The van der Waals surface area contributed by atoms with Crippen molar-refractivity contribution in [3.8, 4) is 11.5 Å². The minimum atomic E-state index is 0. The van der Waals surface area contributed by atoms with Gasteiger partial charge in [-0.25, -0.2) is 0 Å². The van der Waals surface area contributed by atoms with Crippen LogP contribution in [0.3, 0.4) is 0 Å². The average Bonchev–Trinajstić information content (AvgIpc) is 2.77. The van der Waals surface area contributed by atoms with Gasteiger partial charge in [0.1, 0.15) is 17.6 Å². The van der Waals surface area contributed by atoms with E-state index in [2.05, 4.69) is 17.4 Å². The van der Waals surface area contributed by atoms with Crippen LogP contribution in [-0.4, -0.2) is 25.8 Å². The Balaban J connectivity index is 0.00000108. The molecule has 0 aromatic heterocycles. The van der Waals surface area contributed by atoms with Crippen molar-refractivity contribution in [2.45, 2.75) is 25.4 Å². The number of benzene rings is 1. The fourth-order valence-corrected chi connectivity index (χ4v) is 2.33. The van der Waals surface area contributed by atoms with E-state index in [-0.39, 0.29) is 12.4 Å². The van der Waals surface area contributed by atoms with Crippen molar-refractivity contribution in [2.75, 3.05) is 19.7 Å². The first-order valence-electron chi connectivity index (χ1n) is 6.05. The third-order valence-electron chi connectivity index (χ3n) is 3.26. The Labute approximate surface area is 108 Å². The first-order valence-corrected chi connectivity index (χ1v) is 6.05. The second-order valence-electron chi connectivity index (χ2n) is 4.44. The number of piperidine rings is 1. The molecule has 3 nitrogen and oxygen atoms in total. The molecule has 2 aliphatic rings. The Morgan fingerprint density at radius 2 is 2.06 bits per heavy atom. The lowest BCUT2D eigenvalue weighted by molar-refractivity contribution is 0.162. The highest BCUT2D eigenvalue weighted by atomic mass is 35.5. The van der Waals surface area contributed by atoms with E-state index in [1.807, 2.05) is 6.07 Å². The molecule has 2 heterocycles. The second-order valence-corrected chi connectivity index (χ2v) is 4.44. The molecule has 3 rings (SSSR count). The Kier molecular flexibility index (Phi) is 4.13. The maximum atomic E-state index is 5.96. The molecule has 2 aliphatic heterocycles. The quantitative estimate of drug-likeness (QED) is 0.879. The van der Waals surface area contributed by atoms with Gasteiger partial charge in [-0.05, 0) is 37.6 Å². The van der Waals surface area contributed by atoms with Crippen LogP contribution in [0.15, 0.2) is 18.2 Å². The van der Waals surface area contributed by atoms with Crippen LogP contribution in [0.5, 0.6) is 11.5 Å². The number of fused-ring (bicyclic) bond motifs is 1. The number of hydrogen-bond donors (Lipinski definition) is 1. The van der Waals surface area contributed by atoms with E-state index in [0.29, 0.717) is 6.10 Å². The highest BCUT2D eigenvalue weighted by Crippen LogP contribution is 2.30. The SMILES string of the molecule is Cl.c1cc2c(cc1OC1CCNCC1)OCC2. The molecule has 1 saturated heterocycles. The Morgan fingerprint density at radius 1 is 1.24 bits per heavy atom. The standard InChI is InChI=1S/C13H17NO2.ClH/c1-2-12(9-13-10(1)5-8-15-13)16-11-3-6-14-7-4-11;/h1-2,9,11,14H,3-8H2;1H. The van der Waals surface area contributed by atoms with Gasteiger partial charge in [-0.15, -0.1) is 12.4 Å². The zero-order chi connectivity index (χ0) is 10.8. The van der Waals surface area contributed by atoms with Crippen molar-refractivity contribution in [1.29, 1.82) is 0 Å². The Hall–Kier alpha value is -0.930. The predicted octanol–water partition coefficient (Wildman–Crippen LogP) is 2.17. The number of hydrogen-bond acceptors (Lipinski definition) is 3. The van der Waals surface area contributed by atoms with Gasteiger partial charge in [0, 0.05) is 12.5 Å². The third-order valence-corrected chi connectivity index (χ3v) is 3.26. The summed E-state index contributed by atoms with van der Waals surface area (Å²) in [6.45, 7) is 2.93. The van der Waals surface area contributed by atoms with Gasteiger partial charge in [0.15, 0.2) is 0 Å². The summed E-state index contributed by atoms with van der Waals surface area (Å²) in [5, 5.41) is 3.34. The summed E-state index contributed by atoms with van der Waals surface area (Å²) < 4.78 is 11.5. The molecule has 94 valence electrons. The van der Waals surface area contributed by atoms with E-state index in [4.69, 9.17) is 9.47 Å². The summed E-state index contributed by atoms with van der Waals surface area (Å²) in [4.78, 5) is 0. The van der Waals surface area contributed by atoms with Crippen LogP contribution in [0.25, 0.3) is 0 Å². The van der Waals surface area contributed by atoms with E-state index in [0.717, 1.165) is 50.5 Å². The minimum absolute atomic E-state index is 0. The largest absolute Gasteiger partial charge is 0.493 e. The summed E-state index contributed by atoms with van der Waals surface area (Å²) in [7, 11) is 0. The van der Waals surface area contributed by atoms with Gasteiger partial charge in [0.2, 0.25) is 0 Å². The highest BCUT2D eigenvalue weighted by Gasteiger charge is 2.17. The Bertz CT molecular complexity index is 378. The highest BCUT2D eigenvalue weighted by molar-refractivity contribution is 5.85. The molecular weight excluding hydrogens is 238 g/mol. The van der Waals surface area contributed by atoms with Crippen LogP contribution >= 0.6 is 12.4 Å². The van der Waals surface area contributed by atoms with Crippen LogP contribution in [0.1, 0.15) is 18.4 Å². The van der Waals surface area contributed by atoms with Crippen molar-refractivity contribution < 1.29 is 9.47 Å². The van der Waals surface area contributed by atoms with Crippen LogP contribution in [0.4, 0.5) is 0 Å². The minimum Gasteiger partial charge on any atom is -0.493 e. The summed E-state index contributed by atoms with van der Waals surface area (Å²) in [6, 6.07) is 6.22. The van der Waals surface area contributed by atoms with Gasteiger partial charge < -0.3 is 14.8 Å². The molecule has 0 radical (unpaired) electrons. The van der Waals surface area contributed by atoms with E-state index in [1.54, 1.807) is 0 Å². The molecule has 0 unspecified atom stereocenters. The first kappa shape index (κ1) is 12.5. The van der Waals surface area contributed by atoms with Crippen LogP contribution in [0.2, 0.25) is 0 Å². The van der Waals surface area contributed by atoms with Crippen LogP contribution in [-0.2, 0) is 6.42 Å². The van der Waals surface area contributed by atoms with Gasteiger partial charge in [-0.1, -0.05) is 6.07 Å². The molecule has 4 heteroatoms. The zero-order valence-corrected chi connectivity index (χ0v) is 10.6. The molecular formula is C13H18ClNO2. The molecule has 1 aromatic carbocycles. The lowest BCUT2D eigenvalue weighted by Crippen LogP contribution is -2.34. The molecule has 0 saturated carbocycles. The molecule has 1 aromatic rings. The number of rotatable bonds is 2. The van der Waals surface area contributed by atoms with Crippen molar-refractivity contribution in [3.05, 3.63) is 23.8 Å². The number of halogens is 1. The number of nitrogens with one attached hydrogen (secondary N) is 1. The number of ether oxygens (including phenoxy) is 2. The van der Waals surface area contributed by atoms with Crippen LogP contribution in [0, 0.1) is 0 Å². The third kappa shape index (κ3) is 2.85. The zero-order valence-electron chi connectivity index (χ0n) is 9.78. The lowest BCUT2D eigenvalue weighted by atomic mass is 10.1. The first-order chi connectivity index (χ1) is 7.92. The molecule has 0 bridgehead atoms. The van der Waals surface area contributed by atoms with Gasteiger partial charge in [0.05, 0.1) is 6.61 Å². The average molecular weight is 256 g/mol. The van der Waals surface area contributed by atoms with Gasteiger partial charge >= 0.3 is 0 Å². The maximum Gasteiger partial charge on any atom is 0.126 e. The van der Waals surface area contributed by atoms with Crippen LogP contribution < -0.4 is 14.8 Å².